The van der Waals surface area contributed by atoms with Crippen LogP contribution in [0.3, 0.4) is 0 Å². The first-order valence-corrected chi connectivity index (χ1v) is 14.9. The molecule has 40 heavy (non-hydrogen) atoms. The molecule has 214 valence electrons. The van der Waals surface area contributed by atoms with Gasteiger partial charge in [-0.25, -0.2) is 8.42 Å². The van der Waals surface area contributed by atoms with Crippen molar-refractivity contribution in [2.75, 3.05) is 24.5 Å². The predicted octanol–water partition coefficient (Wildman–Crippen LogP) is 4.92. The van der Waals surface area contributed by atoms with E-state index in [9.17, 15) is 18.0 Å². The van der Waals surface area contributed by atoms with E-state index in [2.05, 4.69) is 5.32 Å². The van der Waals surface area contributed by atoms with Gasteiger partial charge in [-0.15, -0.1) is 0 Å². The Morgan fingerprint density at radius 2 is 1.60 bits per heavy atom. The van der Waals surface area contributed by atoms with Gasteiger partial charge in [-0.3, -0.25) is 13.9 Å². The summed E-state index contributed by atoms with van der Waals surface area (Å²) in [5, 5.41) is 3.17. The highest BCUT2D eigenvalue weighted by Gasteiger charge is 2.34. The van der Waals surface area contributed by atoms with E-state index in [0.717, 1.165) is 9.87 Å². The molecule has 0 bridgehead atoms. The van der Waals surface area contributed by atoms with Gasteiger partial charge in [-0.1, -0.05) is 67.1 Å². The second-order valence-electron chi connectivity index (χ2n) is 9.55. The molecule has 10 heteroatoms. The van der Waals surface area contributed by atoms with Gasteiger partial charge in [0.2, 0.25) is 11.8 Å². The average Bonchev–Trinajstić information content (AvgIpc) is 2.94. The Balaban J connectivity index is 2.07. The molecule has 0 aliphatic heterocycles. The molecule has 3 rings (SSSR count). The Labute approximate surface area is 241 Å². The number of halogens is 1. The summed E-state index contributed by atoms with van der Waals surface area (Å²) in [6.45, 7) is 5.18. The van der Waals surface area contributed by atoms with E-state index in [1.54, 1.807) is 30.3 Å². The van der Waals surface area contributed by atoms with Crippen molar-refractivity contribution in [2.24, 2.45) is 0 Å². The quantitative estimate of drug-likeness (QED) is 0.307. The monoisotopic (exact) mass is 585 g/mol. The third-order valence-electron chi connectivity index (χ3n) is 6.32. The third kappa shape index (κ3) is 7.76. The lowest BCUT2D eigenvalue weighted by Crippen LogP contribution is -2.54. The highest BCUT2D eigenvalue weighted by atomic mass is 35.5. The van der Waals surface area contributed by atoms with Gasteiger partial charge < -0.3 is 15.0 Å². The van der Waals surface area contributed by atoms with Gasteiger partial charge in [0.25, 0.3) is 10.0 Å². The molecule has 0 spiro atoms. The maximum atomic E-state index is 14.1. The summed E-state index contributed by atoms with van der Waals surface area (Å²) >= 11 is 6.27. The largest absolute Gasteiger partial charge is 0.495 e. The summed E-state index contributed by atoms with van der Waals surface area (Å²) in [7, 11) is -2.81. The van der Waals surface area contributed by atoms with Crippen LogP contribution >= 0.6 is 11.6 Å². The molecule has 0 fully saturated rings. The van der Waals surface area contributed by atoms with Gasteiger partial charge >= 0.3 is 0 Å². The fraction of sp³-hybridized carbons (Fsp3) is 0.333. The first kappa shape index (κ1) is 31.0. The van der Waals surface area contributed by atoms with Crippen LogP contribution in [0.4, 0.5) is 5.69 Å². The van der Waals surface area contributed by atoms with Gasteiger partial charge in [0.1, 0.15) is 18.3 Å². The van der Waals surface area contributed by atoms with Crippen LogP contribution in [0.5, 0.6) is 5.75 Å². The van der Waals surface area contributed by atoms with Crippen LogP contribution in [0.1, 0.15) is 32.8 Å². The molecular formula is C30H36ClN3O5S. The van der Waals surface area contributed by atoms with Crippen molar-refractivity contribution in [1.29, 1.82) is 0 Å². The lowest BCUT2D eigenvalue weighted by atomic mass is 10.1. The second-order valence-corrected chi connectivity index (χ2v) is 11.8. The number of rotatable bonds is 13. The van der Waals surface area contributed by atoms with Gasteiger partial charge in [0.15, 0.2) is 0 Å². The lowest BCUT2D eigenvalue weighted by Gasteiger charge is -2.34. The summed E-state index contributed by atoms with van der Waals surface area (Å²) in [4.78, 5) is 28.7. The fourth-order valence-corrected chi connectivity index (χ4v) is 5.97. The lowest BCUT2D eigenvalue weighted by molar-refractivity contribution is -0.139. The first-order valence-electron chi connectivity index (χ1n) is 13.1. The van der Waals surface area contributed by atoms with Crippen LogP contribution in [0, 0.1) is 0 Å². The second kappa shape index (κ2) is 14.2. The zero-order chi connectivity index (χ0) is 29.3. The molecule has 3 aromatic carbocycles. The number of nitrogens with one attached hydrogen (secondary N) is 1. The fourth-order valence-electron chi connectivity index (χ4n) is 4.37. The minimum absolute atomic E-state index is 0.00487. The van der Waals surface area contributed by atoms with Crippen LogP contribution < -0.4 is 14.4 Å². The molecule has 8 nitrogen and oxygen atoms in total. The van der Waals surface area contributed by atoms with Gasteiger partial charge in [0.05, 0.1) is 17.7 Å². The van der Waals surface area contributed by atoms with Crippen molar-refractivity contribution in [2.45, 2.75) is 50.6 Å². The normalized spacial score (nSPS) is 12.1. The van der Waals surface area contributed by atoms with Crippen LogP contribution in [-0.4, -0.2) is 57.4 Å². The van der Waals surface area contributed by atoms with Gasteiger partial charge in [-0.05, 0) is 62.6 Å². The van der Waals surface area contributed by atoms with Crippen molar-refractivity contribution in [1.82, 2.24) is 10.2 Å². The highest BCUT2D eigenvalue weighted by Crippen LogP contribution is 2.35. The Bertz CT molecular complexity index is 1380. The van der Waals surface area contributed by atoms with Crippen LogP contribution in [0.25, 0.3) is 0 Å². The number of hydrogen-bond donors (Lipinski definition) is 1. The molecule has 0 aliphatic rings. The van der Waals surface area contributed by atoms with Crippen molar-refractivity contribution in [3.63, 3.8) is 0 Å². The van der Waals surface area contributed by atoms with E-state index in [0.29, 0.717) is 12.8 Å². The molecule has 0 saturated carbocycles. The van der Waals surface area contributed by atoms with Crippen LogP contribution in [-0.2, 0) is 26.0 Å². The van der Waals surface area contributed by atoms with E-state index in [4.69, 9.17) is 16.3 Å². The number of amides is 2. The number of carbonyl (C=O) groups excluding carboxylic acids is 2. The van der Waals surface area contributed by atoms with E-state index in [-0.39, 0.29) is 39.8 Å². The zero-order valence-electron chi connectivity index (χ0n) is 23.2. The van der Waals surface area contributed by atoms with E-state index >= 15 is 0 Å². The molecule has 0 heterocycles. The van der Waals surface area contributed by atoms with E-state index in [1.807, 2.05) is 51.1 Å². The molecule has 0 aliphatic carbocycles. The minimum Gasteiger partial charge on any atom is -0.495 e. The minimum atomic E-state index is -4.22. The Morgan fingerprint density at radius 1 is 0.975 bits per heavy atom. The number of nitrogens with zero attached hydrogens (tertiary/aromatic N) is 2. The molecular weight excluding hydrogens is 550 g/mol. The van der Waals surface area contributed by atoms with Crippen molar-refractivity contribution >= 4 is 39.1 Å². The highest BCUT2D eigenvalue weighted by molar-refractivity contribution is 7.92. The predicted molar refractivity (Wildman–Crippen MR) is 158 cm³/mol. The average molecular weight is 586 g/mol. The summed E-state index contributed by atoms with van der Waals surface area (Å²) in [6.07, 6.45) is 0.842. The molecule has 1 atom stereocenters. The van der Waals surface area contributed by atoms with Gasteiger partial charge in [-0.2, -0.15) is 0 Å². The molecule has 0 radical (unpaired) electrons. The van der Waals surface area contributed by atoms with Crippen molar-refractivity contribution in [3.05, 3.63) is 89.4 Å². The molecule has 3 aromatic rings. The number of anilines is 1. The number of hydrogen-bond acceptors (Lipinski definition) is 5. The Hall–Kier alpha value is -3.56. The van der Waals surface area contributed by atoms with Crippen LogP contribution in [0.15, 0.2) is 83.8 Å². The molecule has 1 N–H and O–H groups in total. The number of benzene rings is 3. The summed E-state index contributed by atoms with van der Waals surface area (Å²) in [6, 6.07) is 21.1. The third-order valence-corrected chi connectivity index (χ3v) is 8.33. The maximum Gasteiger partial charge on any atom is 0.264 e. The molecule has 0 aromatic heterocycles. The van der Waals surface area contributed by atoms with Crippen LogP contribution in [0.2, 0.25) is 5.02 Å². The number of carbonyl (C=O) groups is 2. The Morgan fingerprint density at radius 3 is 2.17 bits per heavy atom. The molecule has 0 saturated heterocycles. The summed E-state index contributed by atoms with van der Waals surface area (Å²) < 4.78 is 34.3. The SMILES string of the molecule is CC[C@@H](C(=O)NC(C)C)N(CCc1ccccc1)C(=O)CN(c1cc(Cl)ccc1OC)S(=O)(=O)c1ccccc1. The first-order chi connectivity index (χ1) is 19.1. The van der Waals surface area contributed by atoms with Gasteiger partial charge in [0, 0.05) is 17.6 Å². The number of sulfonamides is 1. The van der Waals surface area contributed by atoms with E-state index < -0.39 is 28.5 Å². The maximum absolute atomic E-state index is 14.1. The van der Waals surface area contributed by atoms with Crippen molar-refractivity contribution in [3.8, 4) is 5.75 Å². The van der Waals surface area contributed by atoms with E-state index in [1.165, 1.54) is 30.2 Å². The van der Waals surface area contributed by atoms with Crippen molar-refractivity contribution < 1.29 is 22.7 Å². The molecule has 0 unspecified atom stereocenters. The molecule has 2 amide bonds. The standard InChI is InChI=1S/C30H36ClN3O5S/c1-5-26(30(36)32-22(2)3)33(19-18-23-12-8-6-9-13-23)29(35)21-34(27-20-24(31)16-17-28(27)39-4)40(37,38)25-14-10-7-11-15-25/h6-17,20,22,26H,5,18-19,21H2,1-4H3,(H,32,36)/t26-/m0/s1. The summed E-state index contributed by atoms with van der Waals surface area (Å²) in [5.41, 5.74) is 1.11. The zero-order valence-corrected chi connectivity index (χ0v) is 24.8. The Kier molecular flexibility index (Phi) is 11.0. The summed E-state index contributed by atoms with van der Waals surface area (Å²) in [5.74, 6) is -0.586. The number of ether oxygens (including phenoxy) is 1. The topological polar surface area (TPSA) is 96.0 Å². The smallest absolute Gasteiger partial charge is 0.264 e. The number of methoxy groups -OCH3 is 1.